The number of rotatable bonds is 5. The van der Waals surface area contributed by atoms with Gasteiger partial charge in [-0.25, -0.2) is 9.97 Å². The number of thiophene rings is 1. The van der Waals surface area contributed by atoms with Gasteiger partial charge in [0, 0.05) is 29.4 Å². The molecule has 1 atom stereocenters. The Morgan fingerprint density at radius 3 is 2.76 bits per heavy atom. The van der Waals surface area contributed by atoms with Crippen LogP contribution >= 0.6 is 11.3 Å². The maximum atomic E-state index is 4.91. The number of nitrogens with zero attached hydrogens (tertiary/aromatic N) is 3. The Hall–Kier alpha value is -2.01. The molecule has 1 aliphatic carbocycles. The second kappa shape index (κ2) is 7.08. The summed E-state index contributed by atoms with van der Waals surface area (Å²) >= 11 is 1.86. The molecule has 0 bridgehead atoms. The predicted octanol–water partition coefficient (Wildman–Crippen LogP) is 5.09. The van der Waals surface area contributed by atoms with E-state index in [-0.39, 0.29) is 0 Å². The van der Waals surface area contributed by atoms with Crippen LogP contribution in [0.5, 0.6) is 0 Å². The molecule has 4 nitrogen and oxygen atoms in total. The van der Waals surface area contributed by atoms with Crippen molar-refractivity contribution in [2.45, 2.75) is 46.0 Å². The van der Waals surface area contributed by atoms with Gasteiger partial charge in [0.1, 0.15) is 10.6 Å². The third-order valence-electron chi connectivity index (χ3n) is 5.07. The fraction of sp³-hybridized carbons (Fsp3) is 0.450. The second-order valence-electron chi connectivity index (χ2n) is 6.92. The smallest absolute Gasteiger partial charge is 0.163 e. The molecule has 0 radical (unpaired) electrons. The summed E-state index contributed by atoms with van der Waals surface area (Å²) in [5.74, 6) is 2.43. The summed E-state index contributed by atoms with van der Waals surface area (Å²) < 4.78 is 0. The van der Waals surface area contributed by atoms with Gasteiger partial charge in [-0.15, -0.1) is 11.3 Å². The van der Waals surface area contributed by atoms with E-state index in [0.29, 0.717) is 5.92 Å². The lowest BCUT2D eigenvalue weighted by Gasteiger charge is -2.15. The molecule has 5 heteroatoms. The highest BCUT2D eigenvalue weighted by Gasteiger charge is 2.21. The summed E-state index contributed by atoms with van der Waals surface area (Å²) in [6.07, 6.45) is 9.68. The SMILES string of the molecule is CC[C@@H](C)CNc1nc(-c2ccncc2)nc2sc3c(c12)CCCC3. The Kier molecular flexibility index (Phi) is 4.66. The van der Waals surface area contributed by atoms with Crippen LogP contribution in [0, 0.1) is 5.92 Å². The lowest BCUT2D eigenvalue weighted by molar-refractivity contribution is 0.593. The minimum absolute atomic E-state index is 0.629. The number of nitrogens with one attached hydrogen (secondary N) is 1. The second-order valence-corrected chi connectivity index (χ2v) is 8.00. The first-order valence-corrected chi connectivity index (χ1v) is 10.0. The van der Waals surface area contributed by atoms with Crippen LogP contribution in [0.25, 0.3) is 21.6 Å². The number of hydrogen-bond acceptors (Lipinski definition) is 5. The topological polar surface area (TPSA) is 50.7 Å². The predicted molar refractivity (Wildman–Crippen MR) is 105 cm³/mol. The van der Waals surface area contributed by atoms with Gasteiger partial charge in [0.2, 0.25) is 0 Å². The number of hydrogen-bond donors (Lipinski definition) is 1. The molecule has 3 aromatic rings. The van der Waals surface area contributed by atoms with E-state index >= 15 is 0 Å². The largest absolute Gasteiger partial charge is 0.369 e. The van der Waals surface area contributed by atoms with E-state index in [0.717, 1.165) is 35.0 Å². The van der Waals surface area contributed by atoms with Gasteiger partial charge in [-0.1, -0.05) is 20.3 Å². The zero-order valence-corrected chi connectivity index (χ0v) is 15.7. The normalized spacial score (nSPS) is 15.1. The average Bonchev–Trinajstić information content (AvgIpc) is 3.05. The molecule has 0 unspecified atom stereocenters. The molecular weight excluding hydrogens is 328 g/mol. The Bertz CT molecular complexity index is 872. The van der Waals surface area contributed by atoms with Crippen molar-refractivity contribution in [3.05, 3.63) is 35.0 Å². The van der Waals surface area contributed by atoms with Gasteiger partial charge < -0.3 is 5.32 Å². The van der Waals surface area contributed by atoms with Crippen LogP contribution in [-0.2, 0) is 12.8 Å². The minimum atomic E-state index is 0.629. The fourth-order valence-electron chi connectivity index (χ4n) is 3.33. The van der Waals surface area contributed by atoms with Crippen molar-refractivity contribution in [1.29, 1.82) is 0 Å². The standard InChI is InChI=1S/C20H24N4S/c1-3-13(2)12-22-19-17-15-6-4-5-7-16(15)25-20(17)24-18(23-19)14-8-10-21-11-9-14/h8-11,13H,3-7,12H2,1-2H3,(H,22,23,24)/t13-/m1/s1. The van der Waals surface area contributed by atoms with E-state index in [2.05, 4.69) is 24.1 Å². The maximum absolute atomic E-state index is 4.91. The summed E-state index contributed by atoms with van der Waals surface area (Å²) in [5.41, 5.74) is 2.51. The molecule has 4 rings (SSSR count). The number of fused-ring (bicyclic) bond motifs is 3. The van der Waals surface area contributed by atoms with Crippen LogP contribution in [0.1, 0.15) is 43.6 Å². The van der Waals surface area contributed by atoms with Crippen LogP contribution in [0.4, 0.5) is 5.82 Å². The lowest BCUT2D eigenvalue weighted by Crippen LogP contribution is -2.12. The van der Waals surface area contributed by atoms with Gasteiger partial charge in [0.05, 0.1) is 5.39 Å². The fourth-order valence-corrected chi connectivity index (χ4v) is 4.59. The van der Waals surface area contributed by atoms with E-state index in [1.807, 2.05) is 23.5 Å². The first-order valence-electron chi connectivity index (χ1n) is 9.22. The van der Waals surface area contributed by atoms with Gasteiger partial charge in [-0.05, 0) is 49.3 Å². The summed E-state index contributed by atoms with van der Waals surface area (Å²) in [4.78, 5) is 16.6. The monoisotopic (exact) mass is 352 g/mol. The third kappa shape index (κ3) is 3.25. The molecule has 0 amide bonds. The van der Waals surface area contributed by atoms with Gasteiger partial charge >= 0.3 is 0 Å². The highest BCUT2D eigenvalue weighted by Crippen LogP contribution is 2.39. The minimum Gasteiger partial charge on any atom is -0.369 e. The molecule has 0 saturated heterocycles. The van der Waals surface area contributed by atoms with Crippen LogP contribution in [0.15, 0.2) is 24.5 Å². The molecule has 0 aliphatic heterocycles. The summed E-state index contributed by atoms with van der Waals surface area (Å²) in [6, 6.07) is 3.96. The van der Waals surface area contributed by atoms with Crippen molar-refractivity contribution >= 4 is 27.4 Å². The summed E-state index contributed by atoms with van der Waals surface area (Å²) in [7, 11) is 0. The van der Waals surface area contributed by atoms with E-state index in [4.69, 9.17) is 9.97 Å². The first kappa shape index (κ1) is 16.5. The van der Waals surface area contributed by atoms with Crippen molar-refractivity contribution < 1.29 is 0 Å². The van der Waals surface area contributed by atoms with E-state index in [9.17, 15) is 0 Å². The van der Waals surface area contributed by atoms with Crippen LogP contribution < -0.4 is 5.32 Å². The summed E-state index contributed by atoms with van der Waals surface area (Å²) in [5, 5.41) is 4.89. The van der Waals surface area contributed by atoms with Gasteiger partial charge in [-0.2, -0.15) is 0 Å². The molecule has 0 fully saturated rings. The van der Waals surface area contributed by atoms with Crippen molar-refractivity contribution in [1.82, 2.24) is 15.0 Å². The number of pyridine rings is 1. The molecule has 0 aromatic carbocycles. The van der Waals surface area contributed by atoms with Crippen molar-refractivity contribution in [2.24, 2.45) is 5.92 Å². The van der Waals surface area contributed by atoms with E-state index in [1.54, 1.807) is 12.4 Å². The van der Waals surface area contributed by atoms with Crippen LogP contribution in [0.3, 0.4) is 0 Å². The van der Waals surface area contributed by atoms with E-state index in [1.165, 1.54) is 41.5 Å². The van der Waals surface area contributed by atoms with Crippen LogP contribution in [-0.4, -0.2) is 21.5 Å². The van der Waals surface area contributed by atoms with Gasteiger partial charge in [-0.3, -0.25) is 4.98 Å². The zero-order chi connectivity index (χ0) is 17.2. The Morgan fingerprint density at radius 2 is 1.96 bits per heavy atom. The van der Waals surface area contributed by atoms with Gasteiger partial charge in [0.15, 0.2) is 5.82 Å². The van der Waals surface area contributed by atoms with Crippen LogP contribution in [0.2, 0.25) is 0 Å². The Balaban J connectivity index is 1.83. The maximum Gasteiger partial charge on any atom is 0.163 e. The molecular formula is C20H24N4S. The molecule has 25 heavy (non-hydrogen) atoms. The molecule has 1 aliphatic rings. The molecule has 3 heterocycles. The molecule has 0 saturated carbocycles. The van der Waals surface area contributed by atoms with E-state index < -0.39 is 0 Å². The Morgan fingerprint density at radius 1 is 1.16 bits per heavy atom. The molecule has 3 aromatic heterocycles. The lowest BCUT2D eigenvalue weighted by atomic mass is 9.97. The highest BCUT2D eigenvalue weighted by atomic mass is 32.1. The van der Waals surface area contributed by atoms with Gasteiger partial charge in [0.25, 0.3) is 0 Å². The molecule has 130 valence electrons. The highest BCUT2D eigenvalue weighted by molar-refractivity contribution is 7.19. The Labute approximate surface area is 152 Å². The van der Waals surface area contributed by atoms with Crippen molar-refractivity contribution in [3.63, 3.8) is 0 Å². The third-order valence-corrected chi connectivity index (χ3v) is 6.25. The summed E-state index contributed by atoms with van der Waals surface area (Å²) in [6.45, 7) is 5.46. The van der Waals surface area contributed by atoms with Crippen molar-refractivity contribution in [3.8, 4) is 11.4 Å². The molecule has 0 spiro atoms. The molecule has 1 N–H and O–H groups in total. The zero-order valence-electron chi connectivity index (χ0n) is 14.9. The number of aryl methyl sites for hydroxylation is 2. The number of aromatic nitrogens is 3. The number of anilines is 1. The average molecular weight is 353 g/mol. The van der Waals surface area contributed by atoms with Crippen molar-refractivity contribution in [2.75, 3.05) is 11.9 Å². The first-order chi connectivity index (χ1) is 12.3. The quantitative estimate of drug-likeness (QED) is 0.695.